The lowest BCUT2D eigenvalue weighted by atomic mass is 10.1. The van der Waals surface area contributed by atoms with E-state index in [1.165, 1.54) is 0 Å². The van der Waals surface area contributed by atoms with Gasteiger partial charge in [0.25, 0.3) is 0 Å². The number of hydrogen-bond donors (Lipinski definition) is 2. The number of nitrogens with one attached hydrogen (secondary N) is 1. The zero-order chi connectivity index (χ0) is 17.9. The van der Waals surface area contributed by atoms with Gasteiger partial charge in [-0.05, 0) is 44.0 Å². The zero-order valence-electron chi connectivity index (χ0n) is 14.9. The maximum Gasteiger partial charge on any atom is 0.224 e. The second kappa shape index (κ2) is 10.5. The van der Waals surface area contributed by atoms with Gasteiger partial charge in [0, 0.05) is 6.42 Å². The molecule has 0 aliphatic carbocycles. The van der Waals surface area contributed by atoms with Crippen LogP contribution >= 0.6 is 0 Å². The van der Waals surface area contributed by atoms with Crippen molar-refractivity contribution in [3.8, 4) is 5.75 Å². The Morgan fingerprint density at radius 3 is 2.44 bits per heavy atom. The van der Waals surface area contributed by atoms with E-state index in [9.17, 15) is 4.79 Å². The minimum absolute atomic E-state index is 0.0242. The van der Waals surface area contributed by atoms with Crippen molar-refractivity contribution in [3.63, 3.8) is 0 Å². The highest BCUT2D eigenvalue weighted by atomic mass is 16.5. The summed E-state index contributed by atoms with van der Waals surface area (Å²) in [5, 5.41) is 2.97. The Bertz CT molecular complexity index is 643. The van der Waals surface area contributed by atoms with Gasteiger partial charge in [-0.1, -0.05) is 55.3 Å². The molecular weight excluding hydrogens is 312 g/mol. The summed E-state index contributed by atoms with van der Waals surface area (Å²) in [6, 6.07) is 17.6. The van der Waals surface area contributed by atoms with E-state index in [2.05, 4.69) is 5.32 Å². The fourth-order valence-electron chi connectivity index (χ4n) is 2.65. The minimum atomic E-state index is -0.0875. The number of para-hydroxylation sites is 2. The van der Waals surface area contributed by atoms with Crippen LogP contribution in [0.25, 0.3) is 0 Å². The third kappa shape index (κ3) is 6.59. The summed E-state index contributed by atoms with van der Waals surface area (Å²) in [7, 11) is 0. The molecule has 0 saturated heterocycles. The summed E-state index contributed by atoms with van der Waals surface area (Å²) in [4.78, 5) is 12.2. The second-order valence-electron chi connectivity index (χ2n) is 6.17. The lowest BCUT2D eigenvalue weighted by molar-refractivity contribution is -0.116. The summed E-state index contributed by atoms with van der Waals surface area (Å²) < 4.78 is 6.06. The van der Waals surface area contributed by atoms with Gasteiger partial charge in [0.15, 0.2) is 0 Å². The molecule has 1 atom stereocenters. The summed E-state index contributed by atoms with van der Waals surface area (Å²) >= 11 is 0. The van der Waals surface area contributed by atoms with E-state index in [4.69, 9.17) is 10.5 Å². The Balaban J connectivity index is 1.90. The Morgan fingerprint density at radius 1 is 1.00 bits per heavy atom. The monoisotopic (exact) mass is 340 g/mol. The molecule has 0 fully saturated rings. The molecule has 0 spiro atoms. The average molecular weight is 340 g/mol. The number of ether oxygens (including phenoxy) is 1. The van der Waals surface area contributed by atoms with E-state index in [0.29, 0.717) is 12.2 Å². The van der Waals surface area contributed by atoms with Crippen LogP contribution in [0.5, 0.6) is 5.75 Å². The van der Waals surface area contributed by atoms with Gasteiger partial charge in [0.2, 0.25) is 5.91 Å². The number of rotatable bonds is 10. The molecule has 2 aromatic carbocycles. The number of amides is 1. The Hall–Kier alpha value is -2.33. The topological polar surface area (TPSA) is 64.3 Å². The molecule has 134 valence electrons. The van der Waals surface area contributed by atoms with E-state index in [1.54, 1.807) is 0 Å². The number of carbonyl (C=O) groups excluding carboxylic acids is 1. The Labute approximate surface area is 150 Å². The van der Waals surface area contributed by atoms with Gasteiger partial charge in [-0.15, -0.1) is 0 Å². The van der Waals surface area contributed by atoms with Crippen molar-refractivity contribution >= 4 is 11.6 Å². The van der Waals surface area contributed by atoms with Gasteiger partial charge in [-0.2, -0.15) is 0 Å². The number of benzene rings is 2. The highest BCUT2D eigenvalue weighted by Crippen LogP contribution is 2.29. The van der Waals surface area contributed by atoms with Crippen LogP contribution in [0.3, 0.4) is 0 Å². The van der Waals surface area contributed by atoms with Crippen LogP contribution < -0.4 is 15.8 Å². The molecular formula is C21H28N2O2. The summed E-state index contributed by atoms with van der Waals surface area (Å²) in [5.74, 6) is 0.714. The number of nitrogens with two attached hydrogens (primary N) is 1. The molecule has 0 aliphatic heterocycles. The first kappa shape index (κ1) is 19.0. The predicted molar refractivity (Wildman–Crippen MR) is 103 cm³/mol. The van der Waals surface area contributed by atoms with Gasteiger partial charge in [0.1, 0.15) is 11.9 Å². The van der Waals surface area contributed by atoms with Crippen molar-refractivity contribution in [1.82, 2.24) is 0 Å². The van der Waals surface area contributed by atoms with Gasteiger partial charge in [0.05, 0.1) is 5.69 Å². The first-order valence-corrected chi connectivity index (χ1v) is 9.01. The smallest absolute Gasteiger partial charge is 0.224 e. The fourth-order valence-corrected chi connectivity index (χ4v) is 2.65. The first-order valence-electron chi connectivity index (χ1n) is 9.01. The number of hydrogen-bond acceptors (Lipinski definition) is 3. The molecule has 4 heteroatoms. The van der Waals surface area contributed by atoms with Crippen molar-refractivity contribution in [2.75, 3.05) is 11.9 Å². The van der Waals surface area contributed by atoms with E-state index < -0.39 is 0 Å². The molecule has 0 bridgehead atoms. The summed E-state index contributed by atoms with van der Waals surface area (Å²) in [6.07, 6.45) is 4.46. The van der Waals surface area contributed by atoms with Crippen LogP contribution in [0.4, 0.5) is 5.69 Å². The Kier molecular flexibility index (Phi) is 7.99. The molecule has 0 saturated carbocycles. The van der Waals surface area contributed by atoms with E-state index in [0.717, 1.165) is 43.5 Å². The molecule has 0 aromatic heterocycles. The van der Waals surface area contributed by atoms with Crippen molar-refractivity contribution in [3.05, 3.63) is 60.2 Å². The lowest BCUT2D eigenvalue weighted by Gasteiger charge is -2.18. The van der Waals surface area contributed by atoms with Crippen LogP contribution in [0.1, 0.15) is 50.7 Å². The van der Waals surface area contributed by atoms with E-state index in [-0.39, 0.29) is 12.0 Å². The maximum absolute atomic E-state index is 12.2. The summed E-state index contributed by atoms with van der Waals surface area (Å²) in [6.45, 7) is 2.72. The number of carbonyl (C=O) groups is 1. The zero-order valence-corrected chi connectivity index (χ0v) is 14.9. The Morgan fingerprint density at radius 2 is 1.68 bits per heavy atom. The largest absolute Gasteiger partial charge is 0.484 e. The molecule has 0 aliphatic rings. The van der Waals surface area contributed by atoms with Gasteiger partial charge in [-0.3, -0.25) is 4.79 Å². The SMILES string of the molecule is CC(Oc1ccccc1NC(=O)CCCCCCN)c1ccccc1. The van der Waals surface area contributed by atoms with Crippen LogP contribution in [0, 0.1) is 0 Å². The maximum atomic E-state index is 12.2. The van der Waals surface area contributed by atoms with Crippen LogP contribution in [-0.4, -0.2) is 12.5 Å². The van der Waals surface area contributed by atoms with Crippen molar-refractivity contribution in [2.24, 2.45) is 5.73 Å². The molecule has 4 nitrogen and oxygen atoms in total. The third-order valence-corrected chi connectivity index (χ3v) is 4.09. The number of unbranched alkanes of at least 4 members (excludes halogenated alkanes) is 3. The van der Waals surface area contributed by atoms with E-state index >= 15 is 0 Å². The molecule has 1 amide bonds. The van der Waals surface area contributed by atoms with Crippen molar-refractivity contribution in [1.29, 1.82) is 0 Å². The van der Waals surface area contributed by atoms with Gasteiger partial charge in [-0.25, -0.2) is 0 Å². The van der Waals surface area contributed by atoms with Crippen molar-refractivity contribution < 1.29 is 9.53 Å². The highest BCUT2D eigenvalue weighted by molar-refractivity contribution is 5.92. The van der Waals surface area contributed by atoms with Crippen molar-refractivity contribution in [2.45, 2.75) is 45.1 Å². The third-order valence-electron chi connectivity index (χ3n) is 4.09. The summed E-state index contributed by atoms with van der Waals surface area (Å²) in [5.41, 5.74) is 7.30. The molecule has 3 N–H and O–H groups in total. The molecule has 0 heterocycles. The normalized spacial score (nSPS) is 11.8. The predicted octanol–water partition coefficient (Wildman–Crippen LogP) is 4.67. The van der Waals surface area contributed by atoms with Crippen LogP contribution in [-0.2, 0) is 4.79 Å². The van der Waals surface area contributed by atoms with Crippen LogP contribution in [0.2, 0.25) is 0 Å². The second-order valence-corrected chi connectivity index (χ2v) is 6.17. The molecule has 0 radical (unpaired) electrons. The van der Waals surface area contributed by atoms with E-state index in [1.807, 2.05) is 61.5 Å². The fraction of sp³-hybridized carbons (Fsp3) is 0.381. The molecule has 25 heavy (non-hydrogen) atoms. The van der Waals surface area contributed by atoms with Gasteiger partial charge >= 0.3 is 0 Å². The lowest BCUT2D eigenvalue weighted by Crippen LogP contribution is -2.13. The first-order chi connectivity index (χ1) is 12.2. The highest BCUT2D eigenvalue weighted by Gasteiger charge is 2.11. The molecule has 2 aromatic rings. The number of anilines is 1. The van der Waals surface area contributed by atoms with Crippen LogP contribution in [0.15, 0.2) is 54.6 Å². The minimum Gasteiger partial charge on any atom is -0.484 e. The quantitative estimate of drug-likeness (QED) is 0.618. The standard InChI is InChI=1S/C21H28N2O2/c1-17(18-11-5-4-6-12-18)25-20-14-9-8-13-19(20)23-21(24)15-7-2-3-10-16-22/h4-6,8-9,11-14,17H,2-3,7,10,15-16,22H2,1H3,(H,23,24). The molecule has 1 unspecified atom stereocenters. The average Bonchev–Trinajstić information content (AvgIpc) is 2.64. The van der Waals surface area contributed by atoms with Gasteiger partial charge < -0.3 is 15.8 Å². The molecule has 2 rings (SSSR count).